The van der Waals surface area contributed by atoms with Gasteiger partial charge < -0.3 is 89.9 Å². The average Bonchev–Trinajstić information content (AvgIpc) is 0.847. The number of hydrogen-bond acceptors (Lipinski definition) is 18. The Balaban J connectivity index is 1.44. The number of rotatable bonds is 55. The number of hydrogen-bond donors (Lipinski definition) is 12. The Morgan fingerprint density at radius 3 is 1.11 bits per heavy atom. The number of ether oxygens (including phenoxy) is 6. The maximum Gasteiger partial charge on any atom is 0.220 e. The average molecular weight is 1280 g/mol. The van der Waals surface area contributed by atoms with Gasteiger partial charge in [0.05, 0.1) is 38.6 Å². The van der Waals surface area contributed by atoms with Crippen LogP contribution in [0.5, 0.6) is 0 Å². The van der Waals surface area contributed by atoms with Crippen molar-refractivity contribution in [1.29, 1.82) is 0 Å². The van der Waals surface area contributed by atoms with E-state index in [1.807, 2.05) is 6.08 Å². The zero-order valence-electron chi connectivity index (χ0n) is 55.6. The molecule has 19 nitrogen and oxygen atoms in total. The first kappa shape index (κ1) is 82.0. The van der Waals surface area contributed by atoms with E-state index in [0.717, 1.165) is 57.8 Å². The van der Waals surface area contributed by atoms with Crippen LogP contribution in [0.15, 0.2) is 48.6 Å². The van der Waals surface area contributed by atoms with Gasteiger partial charge in [-0.15, -0.1) is 0 Å². The fourth-order valence-corrected chi connectivity index (χ4v) is 12.0. The van der Waals surface area contributed by atoms with E-state index in [2.05, 4.69) is 55.6 Å². The van der Waals surface area contributed by atoms with Crippen LogP contribution < -0.4 is 5.32 Å². The van der Waals surface area contributed by atoms with Gasteiger partial charge >= 0.3 is 0 Å². The molecule has 1 amide bonds. The van der Waals surface area contributed by atoms with E-state index in [0.29, 0.717) is 12.8 Å². The van der Waals surface area contributed by atoms with Crippen LogP contribution >= 0.6 is 0 Å². The molecule has 0 saturated carbocycles. The molecule has 17 atom stereocenters. The molecule has 0 aromatic heterocycles. The van der Waals surface area contributed by atoms with Crippen LogP contribution in [0, 0.1) is 0 Å². The third kappa shape index (κ3) is 34.4. The number of unbranched alkanes of at least 4 members (excludes halogenated alkanes) is 33. The lowest BCUT2D eigenvalue weighted by atomic mass is 9.96. The topological polar surface area (TPSA) is 307 Å². The van der Waals surface area contributed by atoms with E-state index in [4.69, 9.17) is 28.4 Å². The lowest BCUT2D eigenvalue weighted by Crippen LogP contribution is -2.66. The highest BCUT2D eigenvalue weighted by atomic mass is 16.8. The molecular weight excluding hydrogens is 1150 g/mol. The Kier molecular flexibility index (Phi) is 48.2. The zero-order chi connectivity index (χ0) is 65.4. The summed E-state index contributed by atoms with van der Waals surface area (Å²) in [6.45, 7) is 1.72. The highest BCUT2D eigenvalue weighted by Crippen LogP contribution is 2.33. The molecule has 3 fully saturated rings. The van der Waals surface area contributed by atoms with Gasteiger partial charge in [-0.2, -0.15) is 0 Å². The Hall–Kier alpha value is -2.25. The summed E-state index contributed by atoms with van der Waals surface area (Å²) in [5, 5.41) is 120. The van der Waals surface area contributed by atoms with E-state index in [9.17, 15) is 61.0 Å². The summed E-state index contributed by atoms with van der Waals surface area (Å²) in [5.74, 6) is -0.293. The predicted octanol–water partition coefficient (Wildman–Crippen LogP) is 9.78. The van der Waals surface area contributed by atoms with Crippen molar-refractivity contribution in [3.63, 3.8) is 0 Å². The number of aliphatic hydroxyl groups excluding tert-OH is 11. The summed E-state index contributed by atoms with van der Waals surface area (Å²) >= 11 is 0. The molecule has 0 aromatic carbocycles. The summed E-state index contributed by atoms with van der Waals surface area (Å²) in [4.78, 5) is 13.4. The van der Waals surface area contributed by atoms with Gasteiger partial charge in [-0.3, -0.25) is 4.79 Å². The van der Waals surface area contributed by atoms with Crippen LogP contribution in [0.2, 0.25) is 0 Å². The fraction of sp³-hybridized carbons (Fsp3) is 0.873. The van der Waals surface area contributed by atoms with Gasteiger partial charge in [-0.05, 0) is 70.6 Å². The minimum atomic E-state index is -1.98. The van der Waals surface area contributed by atoms with E-state index in [1.54, 1.807) is 6.08 Å². The van der Waals surface area contributed by atoms with Gasteiger partial charge in [0.25, 0.3) is 0 Å². The van der Waals surface area contributed by atoms with Crippen molar-refractivity contribution in [2.45, 2.75) is 369 Å². The van der Waals surface area contributed by atoms with Crippen molar-refractivity contribution in [2.24, 2.45) is 0 Å². The predicted molar refractivity (Wildman–Crippen MR) is 351 cm³/mol. The van der Waals surface area contributed by atoms with E-state index < -0.39 is 124 Å². The van der Waals surface area contributed by atoms with Crippen molar-refractivity contribution in [2.75, 3.05) is 26.4 Å². The van der Waals surface area contributed by atoms with Crippen LogP contribution in [0.1, 0.15) is 264 Å². The normalized spacial score (nSPS) is 28.3. The number of carbonyl (C=O) groups is 1. The molecule has 3 aliphatic rings. The largest absolute Gasteiger partial charge is 0.394 e. The summed E-state index contributed by atoms with van der Waals surface area (Å²) in [6.07, 6.45) is 36.7. The Bertz CT molecular complexity index is 1820. The van der Waals surface area contributed by atoms with Crippen LogP contribution in [-0.2, 0) is 33.2 Å². The molecular formula is C71H129NO18. The third-order valence-corrected chi connectivity index (χ3v) is 17.8. The van der Waals surface area contributed by atoms with Crippen molar-refractivity contribution < 1.29 is 89.4 Å². The molecule has 0 aliphatic carbocycles. The second-order valence-electron chi connectivity index (χ2n) is 25.7. The Labute approximate surface area is 542 Å². The van der Waals surface area contributed by atoms with E-state index >= 15 is 0 Å². The number of nitrogens with one attached hydrogen (secondary N) is 1. The SMILES string of the molecule is CCCCCCCC/C=C\CCCCCCCCCC(=O)NC(COC1OC(CO)C(OC2OC(CO)C(OC3OC(CO)C(O)C(O)C3O)C(O)C2O)C(O)C1O)C(O)/C=C/CC/C=C/CC/C=C/CCCCCCCCCCCCCCCCCCCC. The van der Waals surface area contributed by atoms with Crippen LogP contribution in [0.3, 0.4) is 0 Å². The van der Waals surface area contributed by atoms with Gasteiger partial charge in [0, 0.05) is 6.42 Å². The van der Waals surface area contributed by atoms with Crippen LogP contribution in [-0.4, -0.2) is 193 Å². The van der Waals surface area contributed by atoms with Gasteiger partial charge in [-0.1, -0.05) is 236 Å². The first-order valence-electron chi connectivity index (χ1n) is 35.9. The second-order valence-corrected chi connectivity index (χ2v) is 25.7. The monoisotopic (exact) mass is 1280 g/mol. The number of allylic oxidation sites excluding steroid dienone is 7. The molecule has 0 bridgehead atoms. The van der Waals surface area contributed by atoms with Crippen molar-refractivity contribution in [3.8, 4) is 0 Å². The highest BCUT2D eigenvalue weighted by Gasteiger charge is 2.53. The maximum atomic E-state index is 13.4. The highest BCUT2D eigenvalue weighted by molar-refractivity contribution is 5.76. The summed E-state index contributed by atoms with van der Waals surface area (Å²) in [6, 6.07) is -1.000. The van der Waals surface area contributed by atoms with Crippen molar-refractivity contribution in [3.05, 3.63) is 48.6 Å². The van der Waals surface area contributed by atoms with Crippen LogP contribution in [0.25, 0.3) is 0 Å². The van der Waals surface area contributed by atoms with Gasteiger partial charge in [0.1, 0.15) is 73.2 Å². The number of aliphatic hydroxyl groups is 11. The first-order chi connectivity index (χ1) is 43.8. The molecule has 3 rings (SSSR count). The van der Waals surface area contributed by atoms with Crippen molar-refractivity contribution in [1.82, 2.24) is 5.32 Å². The molecule has 3 saturated heterocycles. The van der Waals surface area contributed by atoms with E-state index in [-0.39, 0.29) is 18.9 Å². The molecule has 0 spiro atoms. The van der Waals surface area contributed by atoms with Crippen LogP contribution in [0.4, 0.5) is 0 Å². The molecule has 0 radical (unpaired) electrons. The van der Waals surface area contributed by atoms with Crippen molar-refractivity contribution >= 4 is 5.91 Å². The summed E-state index contributed by atoms with van der Waals surface area (Å²) in [5.41, 5.74) is 0. The van der Waals surface area contributed by atoms with Gasteiger partial charge in [0.2, 0.25) is 5.91 Å². The lowest BCUT2D eigenvalue weighted by Gasteiger charge is -2.48. The fourth-order valence-electron chi connectivity index (χ4n) is 12.0. The summed E-state index contributed by atoms with van der Waals surface area (Å²) in [7, 11) is 0. The molecule has 3 heterocycles. The zero-order valence-corrected chi connectivity index (χ0v) is 55.6. The molecule has 12 N–H and O–H groups in total. The lowest BCUT2D eigenvalue weighted by molar-refractivity contribution is -0.379. The first-order valence-corrected chi connectivity index (χ1v) is 35.9. The number of amides is 1. The minimum absolute atomic E-state index is 0.227. The molecule has 19 heteroatoms. The number of carbonyl (C=O) groups excluding carboxylic acids is 1. The molecule has 0 aromatic rings. The maximum absolute atomic E-state index is 13.4. The Morgan fingerprint density at radius 1 is 0.389 bits per heavy atom. The standard InChI is InChI=1S/C71H129NO18/c1-3-5-7-9-11-13-15-17-19-21-22-23-24-25-26-27-28-29-30-31-33-34-36-38-40-42-44-46-48-55(76)54(72-59(77)49-47-45-43-41-39-37-35-32-20-18-16-14-12-10-8-6-4-2)53-85-69-65(83)62(80)67(57(51-74)87-69)90-71-66(84)63(81)68(58(52-75)88-71)89-70-64(82)61(79)60(78)56(50-73)86-70/h18,20,31,33,38,40,46,48,54-58,60-71,73-76,78-84H,3-17,19,21-30,32,34-37,39,41-45,47,49-53H2,1-2H3,(H,72,77)/b20-18-,33-31+,40-38+,48-46+. The Morgan fingerprint density at radius 2 is 0.711 bits per heavy atom. The van der Waals surface area contributed by atoms with E-state index in [1.165, 1.54) is 173 Å². The van der Waals surface area contributed by atoms with Gasteiger partial charge in [-0.25, -0.2) is 0 Å². The third-order valence-electron chi connectivity index (χ3n) is 17.8. The minimum Gasteiger partial charge on any atom is -0.394 e. The molecule has 3 aliphatic heterocycles. The van der Waals surface area contributed by atoms with Gasteiger partial charge in [0.15, 0.2) is 18.9 Å². The quantitative estimate of drug-likeness (QED) is 0.0199. The summed E-state index contributed by atoms with van der Waals surface area (Å²) < 4.78 is 34.3. The second kappa shape index (κ2) is 53.0. The smallest absolute Gasteiger partial charge is 0.220 e. The molecule has 17 unspecified atom stereocenters. The molecule has 90 heavy (non-hydrogen) atoms. The molecule has 526 valence electrons.